The van der Waals surface area contributed by atoms with Crippen molar-refractivity contribution in [2.45, 2.75) is 5.75 Å². The van der Waals surface area contributed by atoms with Crippen LogP contribution in [-0.4, -0.2) is 28.0 Å². The monoisotopic (exact) mass is 368 g/mol. The summed E-state index contributed by atoms with van der Waals surface area (Å²) >= 11 is 5.76. The van der Waals surface area contributed by atoms with E-state index in [-0.39, 0.29) is 12.3 Å². The first kappa shape index (κ1) is 18.3. The number of methoxy groups -OCH3 is 1. The fourth-order valence-corrected chi connectivity index (χ4v) is 3.14. The highest BCUT2D eigenvalue weighted by molar-refractivity contribution is 7.88. The van der Waals surface area contributed by atoms with E-state index in [1.807, 2.05) is 0 Å². The number of halogens is 1. The Balaban J connectivity index is 1.88. The molecule has 0 aliphatic carbocycles. The van der Waals surface area contributed by atoms with E-state index in [4.69, 9.17) is 16.3 Å². The lowest BCUT2D eigenvalue weighted by Crippen LogP contribution is -2.33. The van der Waals surface area contributed by atoms with Crippen LogP contribution in [0.5, 0.6) is 5.75 Å². The van der Waals surface area contributed by atoms with Crippen molar-refractivity contribution < 1.29 is 17.9 Å². The molecule has 0 bridgehead atoms. The van der Waals surface area contributed by atoms with E-state index in [9.17, 15) is 13.2 Å². The number of nitrogens with one attached hydrogen (secondary N) is 2. The number of rotatable bonds is 7. The maximum atomic E-state index is 12.0. The van der Waals surface area contributed by atoms with Crippen LogP contribution < -0.4 is 14.8 Å². The van der Waals surface area contributed by atoms with Gasteiger partial charge in [-0.05, 0) is 29.8 Å². The summed E-state index contributed by atoms with van der Waals surface area (Å²) in [7, 11) is -2.11. The number of carbonyl (C=O) groups excluding carboxylic acids is 1. The van der Waals surface area contributed by atoms with Gasteiger partial charge in [-0.1, -0.05) is 29.8 Å². The average molecular weight is 369 g/mol. The summed E-state index contributed by atoms with van der Waals surface area (Å²) in [5, 5.41) is 3.13. The third kappa shape index (κ3) is 5.84. The number of carbonyl (C=O) groups is 1. The molecule has 0 atom stereocenters. The molecule has 2 aromatic rings. The zero-order valence-electron chi connectivity index (χ0n) is 13.0. The zero-order chi connectivity index (χ0) is 17.6. The molecule has 8 heteroatoms. The molecule has 0 fully saturated rings. The van der Waals surface area contributed by atoms with E-state index in [1.165, 1.54) is 7.11 Å². The van der Waals surface area contributed by atoms with Crippen LogP contribution in [0.25, 0.3) is 0 Å². The van der Waals surface area contributed by atoms with Crippen molar-refractivity contribution in [1.82, 2.24) is 4.72 Å². The zero-order valence-corrected chi connectivity index (χ0v) is 14.5. The maximum absolute atomic E-state index is 12.0. The molecule has 2 N–H and O–H groups in total. The quantitative estimate of drug-likeness (QED) is 0.786. The Morgan fingerprint density at radius 2 is 1.88 bits per heavy atom. The SMILES string of the molecule is COc1cccc(NC(=O)CNS(=O)(=O)Cc2ccc(Cl)cc2)c1. The lowest BCUT2D eigenvalue weighted by atomic mass is 10.2. The third-order valence-corrected chi connectivity index (χ3v) is 4.63. The Morgan fingerprint density at radius 3 is 2.54 bits per heavy atom. The Hall–Kier alpha value is -2.09. The van der Waals surface area contributed by atoms with Gasteiger partial charge in [0.05, 0.1) is 19.4 Å². The second kappa shape index (κ2) is 8.14. The topological polar surface area (TPSA) is 84.5 Å². The van der Waals surface area contributed by atoms with Crippen molar-refractivity contribution in [2.24, 2.45) is 0 Å². The molecule has 0 aliphatic rings. The minimum absolute atomic E-state index is 0.226. The summed E-state index contributed by atoms with van der Waals surface area (Å²) in [6.07, 6.45) is 0. The molecule has 24 heavy (non-hydrogen) atoms. The highest BCUT2D eigenvalue weighted by Gasteiger charge is 2.13. The third-order valence-electron chi connectivity index (χ3n) is 3.08. The first-order chi connectivity index (χ1) is 11.4. The van der Waals surface area contributed by atoms with Crippen molar-refractivity contribution >= 4 is 33.2 Å². The fourth-order valence-electron chi connectivity index (χ4n) is 1.93. The molecular formula is C16H17ClN2O4S. The van der Waals surface area contributed by atoms with Crippen molar-refractivity contribution in [3.05, 3.63) is 59.1 Å². The van der Waals surface area contributed by atoms with Gasteiger partial charge < -0.3 is 10.1 Å². The standard InChI is InChI=1S/C16H17ClN2O4S/c1-23-15-4-2-3-14(9-15)19-16(20)10-18-24(21,22)11-12-5-7-13(17)8-6-12/h2-9,18H,10-11H2,1H3,(H,19,20). The molecule has 0 saturated heterocycles. The summed E-state index contributed by atoms with van der Waals surface area (Å²) in [6, 6.07) is 13.3. The largest absolute Gasteiger partial charge is 0.497 e. The van der Waals surface area contributed by atoms with Crippen molar-refractivity contribution in [1.29, 1.82) is 0 Å². The van der Waals surface area contributed by atoms with Gasteiger partial charge in [-0.2, -0.15) is 0 Å². The van der Waals surface area contributed by atoms with E-state index in [0.717, 1.165) is 0 Å². The van der Waals surface area contributed by atoms with Gasteiger partial charge in [0.15, 0.2) is 0 Å². The Labute approximate surface area is 145 Å². The Kier molecular flexibility index (Phi) is 6.19. The lowest BCUT2D eigenvalue weighted by molar-refractivity contribution is -0.115. The van der Waals surface area contributed by atoms with E-state index in [2.05, 4.69) is 10.0 Å². The predicted molar refractivity (Wildman–Crippen MR) is 93.7 cm³/mol. The minimum Gasteiger partial charge on any atom is -0.497 e. The maximum Gasteiger partial charge on any atom is 0.239 e. The van der Waals surface area contributed by atoms with Crippen LogP contribution in [0.4, 0.5) is 5.69 Å². The molecule has 0 unspecified atom stereocenters. The van der Waals surface area contributed by atoms with Gasteiger partial charge in [0.2, 0.25) is 15.9 Å². The number of amides is 1. The first-order valence-electron chi connectivity index (χ1n) is 7.04. The molecule has 0 aromatic heterocycles. The number of hydrogen-bond acceptors (Lipinski definition) is 4. The molecule has 128 valence electrons. The highest BCUT2D eigenvalue weighted by atomic mass is 35.5. The summed E-state index contributed by atoms with van der Waals surface area (Å²) in [5.74, 6) is -0.101. The van der Waals surface area contributed by atoms with Crippen LogP contribution in [0.3, 0.4) is 0 Å². The second-order valence-corrected chi connectivity index (χ2v) is 7.23. The van der Waals surface area contributed by atoms with Gasteiger partial charge in [-0.25, -0.2) is 13.1 Å². The molecule has 6 nitrogen and oxygen atoms in total. The average Bonchev–Trinajstić information content (AvgIpc) is 2.55. The predicted octanol–water partition coefficient (Wildman–Crippen LogP) is 2.41. The molecule has 2 aromatic carbocycles. The van der Waals surface area contributed by atoms with Gasteiger partial charge in [-0.15, -0.1) is 0 Å². The lowest BCUT2D eigenvalue weighted by Gasteiger charge is -2.09. The molecular weight excluding hydrogens is 352 g/mol. The van der Waals surface area contributed by atoms with Crippen LogP contribution in [0.2, 0.25) is 5.02 Å². The Morgan fingerprint density at radius 1 is 1.17 bits per heavy atom. The van der Waals surface area contributed by atoms with E-state index >= 15 is 0 Å². The van der Waals surface area contributed by atoms with Gasteiger partial charge in [0, 0.05) is 16.8 Å². The molecule has 1 amide bonds. The molecule has 0 spiro atoms. The number of hydrogen-bond donors (Lipinski definition) is 2. The van der Waals surface area contributed by atoms with Crippen molar-refractivity contribution in [3.8, 4) is 5.75 Å². The summed E-state index contributed by atoms with van der Waals surface area (Å²) in [4.78, 5) is 11.9. The van der Waals surface area contributed by atoms with Crippen LogP contribution in [-0.2, 0) is 20.6 Å². The van der Waals surface area contributed by atoms with Crippen LogP contribution in [0.1, 0.15) is 5.56 Å². The Bertz CT molecular complexity index is 807. The fraction of sp³-hybridized carbons (Fsp3) is 0.188. The van der Waals surface area contributed by atoms with Crippen LogP contribution in [0.15, 0.2) is 48.5 Å². The van der Waals surface area contributed by atoms with Crippen molar-refractivity contribution in [2.75, 3.05) is 19.0 Å². The van der Waals surface area contributed by atoms with Crippen molar-refractivity contribution in [3.63, 3.8) is 0 Å². The second-order valence-electron chi connectivity index (χ2n) is 4.99. The van der Waals surface area contributed by atoms with E-state index < -0.39 is 15.9 Å². The molecule has 0 heterocycles. The van der Waals surface area contributed by atoms with E-state index in [0.29, 0.717) is 22.0 Å². The van der Waals surface area contributed by atoms with Gasteiger partial charge >= 0.3 is 0 Å². The molecule has 2 rings (SSSR count). The van der Waals surface area contributed by atoms with Gasteiger partial charge in [0.25, 0.3) is 0 Å². The minimum atomic E-state index is -3.63. The van der Waals surface area contributed by atoms with Gasteiger partial charge in [-0.3, -0.25) is 4.79 Å². The number of ether oxygens (including phenoxy) is 1. The smallest absolute Gasteiger partial charge is 0.239 e. The normalized spacial score (nSPS) is 11.1. The summed E-state index contributed by atoms with van der Waals surface area (Å²) in [5.41, 5.74) is 1.11. The summed E-state index contributed by atoms with van der Waals surface area (Å²) in [6.45, 7) is -0.354. The number of sulfonamides is 1. The number of benzene rings is 2. The highest BCUT2D eigenvalue weighted by Crippen LogP contribution is 2.16. The first-order valence-corrected chi connectivity index (χ1v) is 9.07. The summed E-state index contributed by atoms with van der Waals surface area (Å²) < 4.78 is 31.3. The molecule has 0 radical (unpaired) electrons. The molecule has 0 aliphatic heterocycles. The van der Waals surface area contributed by atoms with Crippen LogP contribution >= 0.6 is 11.6 Å². The van der Waals surface area contributed by atoms with Gasteiger partial charge in [0.1, 0.15) is 5.75 Å². The molecule has 0 saturated carbocycles. The number of anilines is 1. The van der Waals surface area contributed by atoms with Crippen LogP contribution in [0, 0.1) is 0 Å². The van der Waals surface area contributed by atoms with E-state index in [1.54, 1.807) is 48.5 Å².